The third kappa shape index (κ3) is 2.05. The second-order valence-corrected chi connectivity index (χ2v) is 3.59. The van der Waals surface area contributed by atoms with Gasteiger partial charge in [-0.3, -0.25) is 4.79 Å². The molecule has 4 heteroatoms. The van der Waals surface area contributed by atoms with Gasteiger partial charge in [0.05, 0.1) is 0 Å². The van der Waals surface area contributed by atoms with E-state index >= 15 is 0 Å². The van der Waals surface area contributed by atoms with Gasteiger partial charge in [-0.2, -0.15) is 0 Å². The number of benzene rings is 1. The lowest BCUT2D eigenvalue weighted by Gasteiger charge is -2.09. The average Bonchev–Trinajstić information content (AvgIpc) is 2.62. The van der Waals surface area contributed by atoms with Crippen LogP contribution < -0.4 is 5.73 Å². The van der Waals surface area contributed by atoms with Crippen molar-refractivity contribution in [3.63, 3.8) is 0 Å². The molecule has 0 bridgehead atoms. The lowest BCUT2D eigenvalue weighted by atomic mass is 10.0. The number of oxazole rings is 1. The maximum atomic E-state index is 10.9. The topological polar surface area (TPSA) is 69.1 Å². The molecule has 78 valence electrons. The zero-order valence-electron chi connectivity index (χ0n) is 8.43. The quantitative estimate of drug-likeness (QED) is 0.827. The standard InChI is InChI=1S/C11H12N2O2/c1-7(14)4-9(12)8-2-3-10-11(5-8)15-6-13-10/h2-3,5-6,9H,4,12H2,1H3. The number of nitrogens with zero attached hydrogens (tertiary/aromatic N) is 1. The van der Waals surface area contributed by atoms with Gasteiger partial charge in [0.25, 0.3) is 0 Å². The van der Waals surface area contributed by atoms with Crippen LogP contribution in [0.1, 0.15) is 24.9 Å². The first kappa shape index (κ1) is 9.86. The van der Waals surface area contributed by atoms with E-state index in [4.69, 9.17) is 10.2 Å². The zero-order chi connectivity index (χ0) is 10.8. The molecular weight excluding hydrogens is 192 g/mol. The van der Waals surface area contributed by atoms with Crippen molar-refractivity contribution in [2.75, 3.05) is 0 Å². The van der Waals surface area contributed by atoms with Gasteiger partial charge in [0.2, 0.25) is 0 Å². The first-order valence-electron chi connectivity index (χ1n) is 4.75. The second kappa shape index (κ2) is 3.82. The fourth-order valence-corrected chi connectivity index (χ4v) is 1.53. The van der Waals surface area contributed by atoms with Crippen LogP contribution in [0.4, 0.5) is 0 Å². The van der Waals surface area contributed by atoms with Crippen molar-refractivity contribution in [2.45, 2.75) is 19.4 Å². The van der Waals surface area contributed by atoms with E-state index in [9.17, 15) is 4.79 Å². The Bertz CT molecular complexity index is 490. The molecule has 2 aromatic rings. The number of ketones is 1. The number of aromatic nitrogens is 1. The lowest BCUT2D eigenvalue weighted by molar-refractivity contribution is -0.117. The summed E-state index contributed by atoms with van der Waals surface area (Å²) >= 11 is 0. The molecule has 0 radical (unpaired) electrons. The summed E-state index contributed by atoms with van der Waals surface area (Å²) in [6.07, 6.45) is 1.74. The van der Waals surface area contributed by atoms with Crippen LogP contribution in [0.15, 0.2) is 29.0 Å². The summed E-state index contributed by atoms with van der Waals surface area (Å²) in [7, 11) is 0. The first-order chi connectivity index (χ1) is 7.16. The lowest BCUT2D eigenvalue weighted by Crippen LogP contribution is -2.13. The zero-order valence-corrected chi connectivity index (χ0v) is 8.43. The molecule has 0 aliphatic carbocycles. The summed E-state index contributed by atoms with van der Waals surface area (Å²) in [5.74, 6) is 0.0835. The number of carbonyl (C=O) groups excluding carboxylic acids is 1. The molecule has 1 aromatic heterocycles. The SMILES string of the molecule is CC(=O)CC(N)c1ccc2ncoc2c1. The normalized spacial score (nSPS) is 12.9. The highest BCUT2D eigenvalue weighted by molar-refractivity contribution is 5.77. The summed E-state index contributed by atoms with van der Waals surface area (Å²) in [5, 5.41) is 0. The molecular formula is C11H12N2O2. The highest BCUT2D eigenvalue weighted by Crippen LogP contribution is 2.20. The van der Waals surface area contributed by atoms with Crippen molar-refractivity contribution in [2.24, 2.45) is 5.73 Å². The Kier molecular flexibility index (Phi) is 2.51. The molecule has 0 saturated heterocycles. The van der Waals surface area contributed by atoms with E-state index in [0.29, 0.717) is 12.0 Å². The summed E-state index contributed by atoms with van der Waals surface area (Å²) in [6.45, 7) is 1.53. The molecule has 4 nitrogen and oxygen atoms in total. The van der Waals surface area contributed by atoms with E-state index in [1.54, 1.807) is 0 Å². The Morgan fingerprint density at radius 3 is 3.13 bits per heavy atom. The van der Waals surface area contributed by atoms with Gasteiger partial charge in [-0.05, 0) is 24.6 Å². The molecule has 2 N–H and O–H groups in total. The van der Waals surface area contributed by atoms with Gasteiger partial charge in [0.15, 0.2) is 12.0 Å². The number of hydrogen-bond donors (Lipinski definition) is 1. The maximum Gasteiger partial charge on any atom is 0.181 e. The molecule has 0 fully saturated rings. The van der Waals surface area contributed by atoms with E-state index in [1.165, 1.54) is 13.3 Å². The third-order valence-electron chi connectivity index (χ3n) is 2.29. The summed E-state index contributed by atoms with van der Waals surface area (Å²) in [6, 6.07) is 5.28. The summed E-state index contributed by atoms with van der Waals surface area (Å²) < 4.78 is 5.16. The summed E-state index contributed by atoms with van der Waals surface area (Å²) in [4.78, 5) is 14.9. The molecule has 0 aliphatic heterocycles. The smallest absolute Gasteiger partial charge is 0.181 e. The highest BCUT2D eigenvalue weighted by atomic mass is 16.3. The van der Waals surface area contributed by atoms with Crippen LogP contribution in [0.3, 0.4) is 0 Å². The number of carbonyl (C=O) groups is 1. The van der Waals surface area contributed by atoms with E-state index in [2.05, 4.69) is 4.98 Å². The maximum absolute atomic E-state index is 10.9. The van der Waals surface area contributed by atoms with Crippen LogP contribution in [0.5, 0.6) is 0 Å². The number of rotatable bonds is 3. The largest absolute Gasteiger partial charge is 0.443 e. The van der Waals surface area contributed by atoms with Crippen LogP contribution in [0.25, 0.3) is 11.1 Å². The first-order valence-corrected chi connectivity index (χ1v) is 4.75. The Labute approximate surface area is 87.1 Å². The van der Waals surface area contributed by atoms with Gasteiger partial charge < -0.3 is 10.2 Å². The number of fused-ring (bicyclic) bond motifs is 1. The molecule has 0 spiro atoms. The Hall–Kier alpha value is -1.68. The second-order valence-electron chi connectivity index (χ2n) is 3.59. The predicted octanol–water partition coefficient (Wildman–Crippen LogP) is 1.81. The predicted molar refractivity (Wildman–Crippen MR) is 56.2 cm³/mol. The van der Waals surface area contributed by atoms with E-state index in [1.807, 2.05) is 18.2 Å². The molecule has 0 amide bonds. The molecule has 1 heterocycles. The number of nitrogens with two attached hydrogens (primary N) is 1. The van der Waals surface area contributed by atoms with Crippen molar-refractivity contribution in [1.82, 2.24) is 4.98 Å². The van der Waals surface area contributed by atoms with E-state index < -0.39 is 0 Å². The van der Waals surface area contributed by atoms with Crippen molar-refractivity contribution in [3.8, 4) is 0 Å². The molecule has 1 unspecified atom stereocenters. The minimum atomic E-state index is -0.267. The minimum absolute atomic E-state index is 0.0835. The van der Waals surface area contributed by atoms with Crippen molar-refractivity contribution in [1.29, 1.82) is 0 Å². The van der Waals surface area contributed by atoms with E-state index in [0.717, 1.165) is 11.1 Å². The van der Waals surface area contributed by atoms with Crippen molar-refractivity contribution in [3.05, 3.63) is 30.2 Å². The molecule has 1 atom stereocenters. The van der Waals surface area contributed by atoms with Crippen molar-refractivity contribution < 1.29 is 9.21 Å². The molecule has 0 aliphatic rings. The molecule has 15 heavy (non-hydrogen) atoms. The van der Waals surface area contributed by atoms with Crippen molar-refractivity contribution >= 4 is 16.9 Å². The van der Waals surface area contributed by atoms with Crippen LogP contribution in [-0.2, 0) is 4.79 Å². The average molecular weight is 204 g/mol. The van der Waals surface area contributed by atoms with E-state index in [-0.39, 0.29) is 11.8 Å². The third-order valence-corrected chi connectivity index (χ3v) is 2.29. The Balaban J connectivity index is 2.30. The molecule has 1 aromatic carbocycles. The van der Waals surface area contributed by atoms with Crippen LogP contribution >= 0.6 is 0 Å². The fraction of sp³-hybridized carbons (Fsp3) is 0.273. The fourth-order valence-electron chi connectivity index (χ4n) is 1.53. The minimum Gasteiger partial charge on any atom is -0.443 e. The molecule has 2 rings (SSSR count). The highest BCUT2D eigenvalue weighted by Gasteiger charge is 2.10. The monoisotopic (exact) mass is 204 g/mol. The number of hydrogen-bond acceptors (Lipinski definition) is 4. The van der Waals surface area contributed by atoms with Crippen LogP contribution in [0, 0.1) is 0 Å². The summed E-state index contributed by atoms with van der Waals surface area (Å²) in [5.41, 5.74) is 8.27. The van der Waals surface area contributed by atoms with Gasteiger partial charge in [-0.15, -0.1) is 0 Å². The van der Waals surface area contributed by atoms with Gasteiger partial charge in [0.1, 0.15) is 11.3 Å². The van der Waals surface area contributed by atoms with Gasteiger partial charge in [-0.1, -0.05) is 6.07 Å². The van der Waals surface area contributed by atoms with Gasteiger partial charge >= 0.3 is 0 Å². The molecule has 0 saturated carbocycles. The van der Waals surface area contributed by atoms with Gasteiger partial charge in [-0.25, -0.2) is 4.98 Å². The van der Waals surface area contributed by atoms with Crippen LogP contribution in [-0.4, -0.2) is 10.8 Å². The Morgan fingerprint density at radius 2 is 2.40 bits per heavy atom. The number of Topliss-reactive ketones (excluding diaryl/α,β-unsaturated/α-hetero) is 1. The Morgan fingerprint density at radius 1 is 1.60 bits per heavy atom. The van der Waals surface area contributed by atoms with Gasteiger partial charge in [0, 0.05) is 12.5 Å². The van der Waals surface area contributed by atoms with Crippen LogP contribution in [0.2, 0.25) is 0 Å².